The van der Waals surface area contributed by atoms with Crippen LogP contribution in [0.5, 0.6) is 0 Å². The molecule has 0 aromatic rings. The molecule has 10 heavy (non-hydrogen) atoms. The summed E-state index contributed by atoms with van der Waals surface area (Å²) >= 11 is 0. The number of phosphoric acid groups is 1. The Labute approximate surface area is 71.6 Å². The molecule has 0 saturated heterocycles. The fraction of sp³-hybridized carbons (Fsp3) is 1.00. The summed E-state index contributed by atoms with van der Waals surface area (Å²) in [5.74, 6) is 0. The predicted molar refractivity (Wildman–Crippen MR) is 32.5 cm³/mol. The molecular weight excluding hydrogens is 212 g/mol. The largest absolute Gasteiger partial charge is 0.676 e. The first-order chi connectivity index (χ1) is 3.91. The summed E-state index contributed by atoms with van der Waals surface area (Å²) in [5.41, 5.74) is 11.2. The zero-order valence-corrected chi connectivity index (χ0v) is 9.26. The average Bonchev–Trinajstić information content (AvgIpc) is 1.61. The molecule has 0 bridgehead atoms. The van der Waals surface area contributed by atoms with Gasteiger partial charge in [0.2, 0.25) is 0 Å². The molecule has 0 saturated carbocycles. The van der Waals surface area contributed by atoms with Crippen molar-refractivity contribution in [2.75, 3.05) is 13.1 Å². The van der Waals surface area contributed by atoms with Gasteiger partial charge in [-0.05, 0) is 6.54 Å². The van der Waals surface area contributed by atoms with Crippen LogP contribution >= 0.6 is 7.82 Å². The molecule has 0 aliphatic heterocycles. The van der Waals surface area contributed by atoms with Crippen molar-refractivity contribution >= 4 is 7.82 Å². The summed E-state index contributed by atoms with van der Waals surface area (Å²) in [6, 6.07) is 0. The van der Waals surface area contributed by atoms with Crippen LogP contribution in [0.25, 0.3) is 5.73 Å². The van der Waals surface area contributed by atoms with Gasteiger partial charge in [-0.15, -0.1) is 6.54 Å². The number of nitrogens with two attached hydrogens (primary N) is 1. The van der Waals surface area contributed by atoms with Gasteiger partial charge in [0.1, 0.15) is 0 Å². The molecular formula is C2H10N2O4PZn-. The molecule has 0 aliphatic rings. The Balaban J connectivity index is -0.0000000910. The Bertz CT molecular complexity index is 85.0. The maximum atomic E-state index is 8.88. The van der Waals surface area contributed by atoms with Crippen LogP contribution in [-0.2, 0) is 24.0 Å². The average molecular weight is 222 g/mol. The van der Waals surface area contributed by atoms with E-state index < -0.39 is 7.82 Å². The normalized spacial score (nSPS) is 8.90. The summed E-state index contributed by atoms with van der Waals surface area (Å²) in [6.45, 7) is 0.833. The Hall–Kier alpha value is 0.653. The van der Waals surface area contributed by atoms with E-state index in [2.05, 4.69) is 0 Å². The van der Waals surface area contributed by atoms with Crippen LogP contribution in [-0.4, -0.2) is 27.8 Å². The zero-order valence-electron chi connectivity index (χ0n) is 5.40. The van der Waals surface area contributed by atoms with Crippen molar-refractivity contribution in [3.8, 4) is 0 Å². The fourth-order valence-electron chi connectivity index (χ4n) is 0. The Morgan fingerprint density at radius 1 is 1.40 bits per heavy atom. The molecule has 6 N–H and O–H groups in total. The van der Waals surface area contributed by atoms with Gasteiger partial charge >= 0.3 is 7.82 Å². The molecule has 0 aromatic carbocycles. The molecule has 0 radical (unpaired) electrons. The van der Waals surface area contributed by atoms with Crippen LogP contribution in [0.3, 0.4) is 0 Å². The van der Waals surface area contributed by atoms with Crippen LogP contribution in [0.4, 0.5) is 0 Å². The van der Waals surface area contributed by atoms with E-state index in [4.69, 9.17) is 30.7 Å². The topological polar surface area (TPSA) is 128 Å². The smallest absolute Gasteiger partial charge is 0.466 e. The minimum atomic E-state index is -4.64. The third kappa shape index (κ3) is 185. The Morgan fingerprint density at radius 2 is 1.50 bits per heavy atom. The minimum Gasteiger partial charge on any atom is -0.676 e. The second kappa shape index (κ2) is 9.65. The number of hydrogen-bond acceptors (Lipinski definition) is 2. The summed E-state index contributed by atoms with van der Waals surface area (Å²) < 4.78 is 8.88. The van der Waals surface area contributed by atoms with Crippen LogP contribution in [0.1, 0.15) is 0 Å². The number of rotatable bonds is 1. The van der Waals surface area contributed by atoms with Crippen molar-refractivity contribution in [2.24, 2.45) is 5.73 Å². The molecule has 0 aliphatic carbocycles. The van der Waals surface area contributed by atoms with E-state index in [9.17, 15) is 0 Å². The minimum absolute atomic E-state index is 0. The van der Waals surface area contributed by atoms with Crippen LogP contribution < -0.4 is 5.73 Å². The van der Waals surface area contributed by atoms with Crippen molar-refractivity contribution in [1.29, 1.82) is 0 Å². The van der Waals surface area contributed by atoms with Gasteiger partial charge in [-0.1, -0.05) is 0 Å². The molecule has 0 heterocycles. The van der Waals surface area contributed by atoms with Crippen molar-refractivity contribution in [3.63, 3.8) is 0 Å². The molecule has 0 amide bonds. The third-order valence-corrected chi connectivity index (χ3v) is 0.144. The van der Waals surface area contributed by atoms with Gasteiger partial charge in [-0.25, -0.2) is 4.57 Å². The molecule has 60 valence electrons. The maximum Gasteiger partial charge on any atom is 0.466 e. The van der Waals surface area contributed by atoms with Gasteiger partial charge in [-0.3, -0.25) is 0 Å². The predicted octanol–water partition coefficient (Wildman–Crippen LogP) is -0.934. The Kier molecular flexibility index (Phi) is 16.4. The molecule has 0 atom stereocenters. The quantitative estimate of drug-likeness (QED) is 0.336. The van der Waals surface area contributed by atoms with Crippen LogP contribution in [0.15, 0.2) is 0 Å². The van der Waals surface area contributed by atoms with E-state index in [0.29, 0.717) is 13.1 Å². The van der Waals surface area contributed by atoms with Gasteiger partial charge in [0.25, 0.3) is 0 Å². The second-order valence-electron chi connectivity index (χ2n) is 1.05. The number of nitrogens with one attached hydrogen (secondary N) is 1. The van der Waals surface area contributed by atoms with E-state index >= 15 is 0 Å². The standard InChI is InChI=1S/C2H7N2.H3O4P.Zn/c3-1-2-4;1-5(2,3)4;/h3H,1-2,4H2;(H3,1,2,3,4);/q-1;;. The van der Waals surface area contributed by atoms with E-state index in [0.717, 1.165) is 0 Å². The first kappa shape index (κ1) is 16.9. The second-order valence-corrected chi connectivity index (χ2v) is 2.08. The van der Waals surface area contributed by atoms with Gasteiger partial charge < -0.3 is 26.1 Å². The van der Waals surface area contributed by atoms with Gasteiger partial charge in [0.15, 0.2) is 0 Å². The van der Waals surface area contributed by atoms with Crippen LogP contribution in [0.2, 0.25) is 0 Å². The molecule has 0 rings (SSSR count). The van der Waals surface area contributed by atoms with Gasteiger partial charge in [-0.2, -0.15) is 0 Å². The first-order valence-electron chi connectivity index (χ1n) is 2.04. The van der Waals surface area contributed by atoms with Gasteiger partial charge in [0, 0.05) is 19.5 Å². The monoisotopic (exact) mass is 221 g/mol. The molecule has 0 aromatic heterocycles. The molecule has 6 nitrogen and oxygen atoms in total. The van der Waals surface area contributed by atoms with Crippen LogP contribution in [0, 0.1) is 0 Å². The zero-order chi connectivity index (χ0) is 7.91. The van der Waals surface area contributed by atoms with Crippen molar-refractivity contribution < 1.29 is 38.7 Å². The summed E-state index contributed by atoms with van der Waals surface area (Å²) in [4.78, 5) is 21.6. The van der Waals surface area contributed by atoms with E-state index in [-0.39, 0.29) is 19.5 Å². The van der Waals surface area contributed by atoms with Crippen molar-refractivity contribution in [2.45, 2.75) is 0 Å². The first-order valence-corrected chi connectivity index (χ1v) is 3.61. The van der Waals surface area contributed by atoms with E-state index in [1.54, 1.807) is 0 Å². The summed E-state index contributed by atoms with van der Waals surface area (Å²) in [5, 5.41) is 0. The maximum absolute atomic E-state index is 8.88. The SMILES string of the molecule is O=P(O)(O)O.[NH-]CCN.[Zn]. The van der Waals surface area contributed by atoms with E-state index in [1.807, 2.05) is 0 Å². The summed E-state index contributed by atoms with van der Waals surface area (Å²) in [7, 11) is -4.64. The molecule has 0 fully saturated rings. The fourth-order valence-corrected chi connectivity index (χ4v) is 0. The van der Waals surface area contributed by atoms with Crippen molar-refractivity contribution in [1.82, 2.24) is 0 Å². The van der Waals surface area contributed by atoms with Crippen molar-refractivity contribution in [3.05, 3.63) is 5.73 Å². The Morgan fingerprint density at radius 3 is 1.50 bits per heavy atom. The number of hydrogen-bond donors (Lipinski definition) is 4. The molecule has 0 unspecified atom stereocenters. The van der Waals surface area contributed by atoms with E-state index in [1.165, 1.54) is 0 Å². The summed E-state index contributed by atoms with van der Waals surface area (Å²) in [6.07, 6.45) is 0. The molecule has 8 heteroatoms. The van der Waals surface area contributed by atoms with Gasteiger partial charge in [0.05, 0.1) is 0 Å². The molecule has 0 spiro atoms. The third-order valence-electron chi connectivity index (χ3n) is 0.144.